The van der Waals surface area contributed by atoms with E-state index in [1.165, 1.54) is 0 Å². The first-order valence-corrected chi connectivity index (χ1v) is 9.21. The van der Waals surface area contributed by atoms with E-state index in [0.29, 0.717) is 6.04 Å². The van der Waals surface area contributed by atoms with Gasteiger partial charge in [0.15, 0.2) is 0 Å². The summed E-state index contributed by atoms with van der Waals surface area (Å²) in [5.74, 6) is 1.72. The number of halogens is 1. The van der Waals surface area contributed by atoms with Gasteiger partial charge in [0.2, 0.25) is 0 Å². The van der Waals surface area contributed by atoms with Gasteiger partial charge in [0.05, 0.1) is 11.3 Å². The van der Waals surface area contributed by atoms with Crippen LogP contribution in [0.15, 0.2) is 33.7 Å². The lowest BCUT2D eigenvalue weighted by Gasteiger charge is -2.32. The first-order chi connectivity index (χ1) is 11.6. The van der Waals surface area contributed by atoms with Gasteiger partial charge in [0.1, 0.15) is 5.76 Å². The van der Waals surface area contributed by atoms with Crippen LogP contribution in [0.5, 0.6) is 0 Å². The highest BCUT2D eigenvalue weighted by Gasteiger charge is 2.23. The van der Waals surface area contributed by atoms with E-state index in [9.17, 15) is 4.79 Å². The van der Waals surface area contributed by atoms with Gasteiger partial charge in [-0.2, -0.15) is 0 Å². The molecule has 0 aliphatic carbocycles. The molecule has 1 aromatic heterocycles. The van der Waals surface area contributed by atoms with E-state index < -0.39 is 0 Å². The summed E-state index contributed by atoms with van der Waals surface area (Å²) in [7, 11) is 0. The highest BCUT2D eigenvalue weighted by Crippen LogP contribution is 2.29. The predicted molar refractivity (Wildman–Crippen MR) is 103 cm³/mol. The van der Waals surface area contributed by atoms with Crippen molar-refractivity contribution in [3.8, 4) is 0 Å². The number of rotatable bonds is 4. The lowest BCUT2D eigenvalue weighted by Crippen LogP contribution is -2.51. The van der Waals surface area contributed by atoms with Gasteiger partial charge in [0.25, 0.3) is 5.91 Å². The minimum Gasteiger partial charge on any atom is -0.361 e. The molecule has 1 aliphatic rings. The van der Waals surface area contributed by atoms with E-state index >= 15 is 0 Å². The standard InChI is InChI=1S/C18H23N3O2S.ClH/c1-12-10-21(9-8-19-12)18(22)15-6-4-5-7-17(15)24-11-16-13(2)20-23-14(16)3;/h4-7,12,19H,8-11H2,1-3H3;1H. The fraction of sp³-hybridized carbons (Fsp3) is 0.444. The van der Waals surface area contributed by atoms with Gasteiger partial charge in [-0.25, -0.2) is 0 Å². The third-order valence-electron chi connectivity index (χ3n) is 4.33. The summed E-state index contributed by atoms with van der Waals surface area (Å²) in [4.78, 5) is 15.9. The van der Waals surface area contributed by atoms with Crippen molar-refractivity contribution in [2.24, 2.45) is 0 Å². The van der Waals surface area contributed by atoms with Crippen molar-refractivity contribution in [1.29, 1.82) is 0 Å². The van der Waals surface area contributed by atoms with Crippen LogP contribution < -0.4 is 5.32 Å². The van der Waals surface area contributed by atoms with Crippen LogP contribution in [0.4, 0.5) is 0 Å². The van der Waals surface area contributed by atoms with E-state index in [4.69, 9.17) is 4.52 Å². The molecule has 1 amide bonds. The number of aromatic nitrogens is 1. The Morgan fingerprint density at radius 1 is 1.40 bits per heavy atom. The monoisotopic (exact) mass is 381 g/mol. The van der Waals surface area contributed by atoms with Gasteiger partial charge < -0.3 is 14.7 Å². The third-order valence-corrected chi connectivity index (χ3v) is 5.43. The van der Waals surface area contributed by atoms with Crippen LogP contribution in [0, 0.1) is 13.8 Å². The van der Waals surface area contributed by atoms with Crippen LogP contribution in [0.1, 0.15) is 34.3 Å². The number of nitrogens with zero attached hydrogens (tertiary/aromatic N) is 2. The highest BCUT2D eigenvalue weighted by atomic mass is 35.5. The van der Waals surface area contributed by atoms with Crippen molar-refractivity contribution >= 4 is 30.1 Å². The lowest BCUT2D eigenvalue weighted by atomic mass is 10.1. The van der Waals surface area contributed by atoms with E-state index in [0.717, 1.165) is 52.9 Å². The van der Waals surface area contributed by atoms with E-state index in [-0.39, 0.29) is 18.3 Å². The first-order valence-electron chi connectivity index (χ1n) is 8.22. The molecule has 1 N–H and O–H groups in total. The zero-order chi connectivity index (χ0) is 17.1. The molecule has 2 aromatic rings. The fourth-order valence-corrected chi connectivity index (χ4v) is 4.11. The molecule has 3 rings (SSSR count). The number of carbonyl (C=O) groups excluding carboxylic acids is 1. The molecular formula is C18H24ClN3O2S. The van der Waals surface area contributed by atoms with E-state index in [1.807, 2.05) is 43.0 Å². The maximum Gasteiger partial charge on any atom is 0.255 e. The number of thioether (sulfide) groups is 1. The zero-order valence-corrected chi connectivity index (χ0v) is 16.4. The molecule has 5 nitrogen and oxygen atoms in total. The van der Waals surface area contributed by atoms with Crippen molar-refractivity contribution in [3.05, 3.63) is 46.8 Å². The molecule has 1 atom stereocenters. The number of benzene rings is 1. The Bertz CT molecular complexity index is 715. The lowest BCUT2D eigenvalue weighted by molar-refractivity contribution is 0.0705. The fourth-order valence-electron chi connectivity index (χ4n) is 2.91. The topological polar surface area (TPSA) is 58.4 Å². The molecule has 0 spiro atoms. The van der Waals surface area contributed by atoms with Gasteiger partial charge in [-0.1, -0.05) is 17.3 Å². The van der Waals surface area contributed by atoms with Crippen molar-refractivity contribution in [1.82, 2.24) is 15.4 Å². The summed E-state index contributed by atoms with van der Waals surface area (Å²) in [5.41, 5.74) is 2.81. The van der Waals surface area contributed by atoms with Crippen LogP contribution >= 0.6 is 24.2 Å². The molecule has 1 aromatic carbocycles. The summed E-state index contributed by atoms with van der Waals surface area (Å²) in [5, 5.41) is 7.37. The molecule has 25 heavy (non-hydrogen) atoms. The van der Waals surface area contributed by atoms with E-state index in [2.05, 4.69) is 17.4 Å². The molecule has 1 unspecified atom stereocenters. The molecule has 0 saturated carbocycles. The number of hydrogen-bond donors (Lipinski definition) is 1. The van der Waals surface area contributed by atoms with Gasteiger partial charge >= 0.3 is 0 Å². The zero-order valence-electron chi connectivity index (χ0n) is 14.7. The average Bonchev–Trinajstić information content (AvgIpc) is 2.91. The van der Waals surface area contributed by atoms with Gasteiger partial charge in [-0.3, -0.25) is 4.79 Å². The Labute approximate surface area is 158 Å². The Hall–Kier alpha value is -1.50. The normalized spacial score (nSPS) is 17.2. The number of amides is 1. The molecule has 136 valence electrons. The quantitative estimate of drug-likeness (QED) is 0.822. The SMILES string of the molecule is Cc1noc(C)c1CSc1ccccc1C(=O)N1CCNC(C)C1.Cl. The predicted octanol–water partition coefficient (Wildman–Crippen LogP) is 3.44. The maximum atomic E-state index is 12.9. The highest BCUT2D eigenvalue weighted by molar-refractivity contribution is 7.98. The second-order valence-electron chi connectivity index (χ2n) is 6.19. The summed E-state index contributed by atoms with van der Waals surface area (Å²) >= 11 is 1.66. The van der Waals surface area contributed by atoms with Gasteiger partial charge in [-0.05, 0) is 32.9 Å². The van der Waals surface area contributed by atoms with Crippen molar-refractivity contribution in [2.45, 2.75) is 37.5 Å². The summed E-state index contributed by atoms with van der Waals surface area (Å²) in [6.45, 7) is 8.34. The molecule has 0 bridgehead atoms. The molecule has 1 aliphatic heterocycles. The Morgan fingerprint density at radius 2 is 2.16 bits per heavy atom. The Balaban J connectivity index is 0.00000225. The largest absolute Gasteiger partial charge is 0.361 e. The Kier molecular flexibility index (Phi) is 6.93. The second kappa shape index (κ2) is 8.74. The molecule has 7 heteroatoms. The molecule has 1 saturated heterocycles. The van der Waals surface area contributed by atoms with Crippen LogP contribution in [-0.4, -0.2) is 41.6 Å². The van der Waals surface area contributed by atoms with Crippen molar-refractivity contribution in [2.75, 3.05) is 19.6 Å². The smallest absolute Gasteiger partial charge is 0.255 e. The first kappa shape index (κ1) is 19.8. The summed E-state index contributed by atoms with van der Waals surface area (Å²) in [6.07, 6.45) is 0. The van der Waals surface area contributed by atoms with E-state index in [1.54, 1.807) is 11.8 Å². The van der Waals surface area contributed by atoms with Crippen LogP contribution in [0.3, 0.4) is 0 Å². The minimum absolute atomic E-state index is 0. The van der Waals surface area contributed by atoms with Crippen molar-refractivity contribution < 1.29 is 9.32 Å². The van der Waals surface area contributed by atoms with Crippen molar-refractivity contribution in [3.63, 3.8) is 0 Å². The maximum absolute atomic E-state index is 12.9. The van der Waals surface area contributed by atoms with Crippen LogP contribution in [-0.2, 0) is 5.75 Å². The minimum atomic E-state index is 0. The number of carbonyl (C=O) groups is 1. The second-order valence-corrected chi connectivity index (χ2v) is 7.21. The third kappa shape index (κ3) is 4.57. The van der Waals surface area contributed by atoms with Gasteiger partial charge in [-0.15, -0.1) is 24.2 Å². The van der Waals surface area contributed by atoms with Crippen LogP contribution in [0.25, 0.3) is 0 Å². The van der Waals surface area contributed by atoms with Crippen LogP contribution in [0.2, 0.25) is 0 Å². The molecule has 0 radical (unpaired) electrons. The average molecular weight is 382 g/mol. The number of nitrogens with one attached hydrogen (secondary N) is 1. The summed E-state index contributed by atoms with van der Waals surface area (Å²) < 4.78 is 5.22. The summed E-state index contributed by atoms with van der Waals surface area (Å²) in [6, 6.07) is 8.18. The Morgan fingerprint density at radius 3 is 2.84 bits per heavy atom. The number of aryl methyl sites for hydroxylation is 2. The molecule has 1 fully saturated rings. The van der Waals surface area contributed by atoms with Gasteiger partial charge in [0, 0.05) is 41.9 Å². The number of hydrogen-bond acceptors (Lipinski definition) is 5. The number of piperazine rings is 1. The molecular weight excluding hydrogens is 358 g/mol. The molecule has 2 heterocycles.